The Balaban J connectivity index is 1.40. The average Bonchev–Trinajstić information content (AvgIpc) is 3.56. The molecule has 196 valence electrons. The van der Waals surface area contributed by atoms with Crippen LogP contribution in [0.15, 0.2) is 24.0 Å². The van der Waals surface area contributed by atoms with Gasteiger partial charge in [-0.15, -0.1) is 0 Å². The highest BCUT2D eigenvalue weighted by Gasteiger charge is 2.58. The highest BCUT2D eigenvalue weighted by atomic mass is 16.7. The molecule has 4 aliphatic rings. The van der Waals surface area contributed by atoms with Crippen molar-refractivity contribution in [1.29, 1.82) is 0 Å². The Morgan fingerprint density at radius 2 is 2.03 bits per heavy atom. The summed E-state index contributed by atoms with van der Waals surface area (Å²) in [6.07, 6.45) is 2.91. The molecule has 0 saturated carbocycles. The van der Waals surface area contributed by atoms with E-state index in [9.17, 15) is 14.7 Å². The topological polar surface area (TPSA) is 104 Å². The third-order valence-corrected chi connectivity index (χ3v) is 8.07. The predicted molar refractivity (Wildman–Crippen MR) is 129 cm³/mol. The second-order valence-corrected chi connectivity index (χ2v) is 10.2. The fourth-order valence-corrected chi connectivity index (χ4v) is 5.95. The van der Waals surface area contributed by atoms with Gasteiger partial charge in [-0.1, -0.05) is 20.3 Å². The van der Waals surface area contributed by atoms with E-state index < -0.39 is 30.6 Å². The lowest BCUT2D eigenvalue weighted by Crippen LogP contribution is -2.47. The summed E-state index contributed by atoms with van der Waals surface area (Å²) < 4.78 is 28.2. The zero-order chi connectivity index (χ0) is 25.4. The summed E-state index contributed by atoms with van der Waals surface area (Å²) in [5.74, 6) is 0.435. The molecule has 1 fully saturated rings. The van der Waals surface area contributed by atoms with Gasteiger partial charge in [0.2, 0.25) is 6.79 Å². The molecule has 3 unspecified atom stereocenters. The number of nitrogens with zero attached hydrogens (tertiary/aromatic N) is 1. The van der Waals surface area contributed by atoms with Crippen LogP contribution in [0.4, 0.5) is 0 Å². The monoisotopic (exact) mass is 501 g/mol. The van der Waals surface area contributed by atoms with E-state index >= 15 is 0 Å². The van der Waals surface area contributed by atoms with E-state index in [4.69, 9.17) is 23.7 Å². The number of aliphatic hydroxyl groups is 1. The molecule has 1 aliphatic carbocycles. The number of benzene rings is 1. The van der Waals surface area contributed by atoms with Crippen molar-refractivity contribution < 1.29 is 38.4 Å². The molecule has 1 aromatic carbocycles. The average molecular weight is 502 g/mol. The van der Waals surface area contributed by atoms with E-state index in [1.165, 1.54) is 0 Å². The number of hydrogen-bond acceptors (Lipinski definition) is 9. The van der Waals surface area contributed by atoms with Gasteiger partial charge in [-0.3, -0.25) is 9.69 Å². The fraction of sp³-hybridized carbons (Fsp3) is 0.630. The number of esters is 2. The summed E-state index contributed by atoms with van der Waals surface area (Å²) >= 11 is 0. The van der Waals surface area contributed by atoms with Crippen molar-refractivity contribution in [1.82, 2.24) is 4.90 Å². The quantitative estimate of drug-likeness (QED) is 0.539. The largest absolute Gasteiger partial charge is 0.497 e. The van der Waals surface area contributed by atoms with E-state index in [0.717, 1.165) is 55.6 Å². The Kier molecular flexibility index (Phi) is 6.87. The Morgan fingerprint density at radius 3 is 2.78 bits per heavy atom. The summed E-state index contributed by atoms with van der Waals surface area (Å²) in [6.45, 7) is 6.21. The van der Waals surface area contributed by atoms with Gasteiger partial charge in [0, 0.05) is 6.54 Å². The molecule has 1 aromatic rings. The van der Waals surface area contributed by atoms with Gasteiger partial charge < -0.3 is 28.8 Å². The van der Waals surface area contributed by atoms with Crippen LogP contribution in [0.5, 0.6) is 11.5 Å². The van der Waals surface area contributed by atoms with Crippen molar-refractivity contribution in [3.63, 3.8) is 0 Å². The SMILES string of the molecule is CCC(C)COC(=O)C[C@@H](O)C(=O)OC1C(OC)=CC23CCCN2CCc2cc4c(cc2[C@H]13)OCO4. The molecule has 3 aliphatic heterocycles. The summed E-state index contributed by atoms with van der Waals surface area (Å²) in [4.78, 5) is 27.6. The Morgan fingerprint density at radius 1 is 1.25 bits per heavy atom. The van der Waals surface area contributed by atoms with Crippen molar-refractivity contribution in [2.75, 3.05) is 33.6 Å². The Labute approximate surface area is 211 Å². The predicted octanol–water partition coefficient (Wildman–Crippen LogP) is 2.69. The van der Waals surface area contributed by atoms with Crippen molar-refractivity contribution >= 4 is 11.9 Å². The van der Waals surface area contributed by atoms with Gasteiger partial charge in [0.1, 0.15) is 5.76 Å². The molecule has 0 bridgehead atoms. The van der Waals surface area contributed by atoms with Crippen molar-refractivity contribution in [2.45, 2.75) is 69.6 Å². The minimum Gasteiger partial charge on any atom is -0.497 e. The maximum atomic E-state index is 13.0. The number of methoxy groups -OCH3 is 1. The molecule has 9 heteroatoms. The maximum absolute atomic E-state index is 13.0. The molecule has 5 atom stereocenters. The second kappa shape index (κ2) is 9.94. The minimum absolute atomic E-state index is 0.180. The van der Waals surface area contributed by atoms with Gasteiger partial charge in [-0.2, -0.15) is 0 Å². The lowest BCUT2D eigenvalue weighted by molar-refractivity contribution is -0.165. The smallest absolute Gasteiger partial charge is 0.336 e. The first-order chi connectivity index (χ1) is 17.4. The van der Waals surface area contributed by atoms with E-state index in [1.54, 1.807) is 7.11 Å². The fourth-order valence-electron chi connectivity index (χ4n) is 5.95. The Bertz CT molecular complexity index is 1050. The third-order valence-electron chi connectivity index (χ3n) is 8.07. The first-order valence-corrected chi connectivity index (χ1v) is 12.8. The molecule has 1 saturated heterocycles. The van der Waals surface area contributed by atoms with E-state index in [-0.39, 0.29) is 30.8 Å². The third kappa shape index (κ3) is 4.32. The van der Waals surface area contributed by atoms with Crippen LogP contribution in [-0.4, -0.2) is 73.3 Å². The number of aliphatic hydroxyl groups excluding tert-OH is 1. The molecule has 0 radical (unpaired) electrons. The number of hydrogen-bond donors (Lipinski definition) is 1. The standard InChI is InChI=1S/C27H35NO8/c1-4-16(2)14-33-23(30)12-19(29)26(31)36-25-22(32-3)13-27-7-5-8-28(27)9-6-17-10-20-21(35-15-34-20)11-18(17)24(25)27/h10-11,13,16,19,24-25,29H,4-9,12,14-15H2,1-3H3/t16?,19-,24-,25?,27?/m1/s1. The van der Waals surface area contributed by atoms with Crippen LogP contribution in [0.1, 0.15) is 56.6 Å². The van der Waals surface area contributed by atoms with Crippen LogP contribution in [0.25, 0.3) is 0 Å². The summed E-state index contributed by atoms with van der Waals surface area (Å²) in [5.41, 5.74) is 1.79. The molecule has 1 N–H and O–H groups in total. The first kappa shape index (κ1) is 24.9. The number of rotatable bonds is 8. The van der Waals surface area contributed by atoms with E-state index in [2.05, 4.69) is 11.0 Å². The Hall–Kier alpha value is -2.78. The zero-order valence-electron chi connectivity index (χ0n) is 21.2. The van der Waals surface area contributed by atoms with Gasteiger partial charge in [-0.25, -0.2) is 4.79 Å². The highest BCUT2D eigenvalue weighted by Crippen LogP contribution is 2.55. The first-order valence-electron chi connectivity index (χ1n) is 12.8. The van der Waals surface area contributed by atoms with Gasteiger partial charge in [0.15, 0.2) is 23.7 Å². The summed E-state index contributed by atoms with van der Waals surface area (Å²) in [6, 6.07) is 4.03. The molecule has 36 heavy (non-hydrogen) atoms. The van der Waals surface area contributed by atoms with Crippen LogP contribution in [-0.2, 0) is 30.2 Å². The minimum atomic E-state index is -1.62. The lowest BCUT2D eigenvalue weighted by Gasteiger charge is -2.39. The molecular formula is C27H35NO8. The van der Waals surface area contributed by atoms with Crippen LogP contribution < -0.4 is 9.47 Å². The van der Waals surface area contributed by atoms with Gasteiger partial charge >= 0.3 is 11.9 Å². The number of ether oxygens (including phenoxy) is 5. The molecule has 5 rings (SSSR count). The number of carbonyl (C=O) groups is 2. The van der Waals surface area contributed by atoms with Crippen LogP contribution in [0.3, 0.4) is 0 Å². The molecule has 1 spiro atoms. The summed E-state index contributed by atoms with van der Waals surface area (Å²) in [5, 5.41) is 10.5. The highest BCUT2D eigenvalue weighted by molar-refractivity contribution is 5.82. The molecule has 0 amide bonds. The molecule has 0 aromatic heterocycles. The number of fused-ring (bicyclic) bond motifs is 3. The van der Waals surface area contributed by atoms with Crippen LogP contribution >= 0.6 is 0 Å². The lowest BCUT2D eigenvalue weighted by atomic mass is 9.77. The van der Waals surface area contributed by atoms with Gasteiger partial charge in [0.05, 0.1) is 31.6 Å². The van der Waals surface area contributed by atoms with Crippen molar-refractivity contribution in [3.05, 3.63) is 35.1 Å². The van der Waals surface area contributed by atoms with Crippen molar-refractivity contribution in [2.24, 2.45) is 5.92 Å². The van der Waals surface area contributed by atoms with Crippen LogP contribution in [0, 0.1) is 5.92 Å². The van der Waals surface area contributed by atoms with E-state index in [1.807, 2.05) is 26.0 Å². The van der Waals surface area contributed by atoms with Gasteiger partial charge in [-0.05, 0) is 61.1 Å². The molecule has 9 nitrogen and oxygen atoms in total. The molecular weight excluding hydrogens is 466 g/mol. The van der Waals surface area contributed by atoms with Crippen LogP contribution in [0.2, 0.25) is 0 Å². The summed E-state index contributed by atoms with van der Waals surface area (Å²) in [7, 11) is 1.57. The van der Waals surface area contributed by atoms with Crippen molar-refractivity contribution in [3.8, 4) is 11.5 Å². The van der Waals surface area contributed by atoms with Gasteiger partial charge in [0.25, 0.3) is 0 Å². The maximum Gasteiger partial charge on any atom is 0.336 e. The number of carbonyl (C=O) groups excluding carboxylic acids is 2. The second-order valence-electron chi connectivity index (χ2n) is 10.2. The molecule has 3 heterocycles. The van der Waals surface area contributed by atoms with E-state index in [0.29, 0.717) is 11.5 Å². The zero-order valence-corrected chi connectivity index (χ0v) is 21.2. The normalized spacial score (nSPS) is 27.7.